The van der Waals surface area contributed by atoms with Crippen LogP contribution in [0, 0.1) is 17.5 Å². The molecule has 0 spiro atoms. The fourth-order valence-electron chi connectivity index (χ4n) is 1.27. The average molecular weight is 261 g/mol. The van der Waals surface area contributed by atoms with E-state index >= 15 is 0 Å². The minimum Gasteiger partial charge on any atom is -0.504 e. The van der Waals surface area contributed by atoms with E-state index < -0.39 is 28.9 Å². The van der Waals surface area contributed by atoms with Crippen LogP contribution in [0.1, 0.15) is 0 Å². The van der Waals surface area contributed by atoms with Crippen molar-refractivity contribution in [2.45, 2.75) is 0 Å². The van der Waals surface area contributed by atoms with E-state index in [9.17, 15) is 18.3 Å². The number of benzene rings is 1. The van der Waals surface area contributed by atoms with Crippen molar-refractivity contribution >= 4 is 11.6 Å². The highest BCUT2D eigenvalue weighted by atomic mass is 35.5. The second-order valence-electron chi connectivity index (χ2n) is 3.09. The van der Waals surface area contributed by atoms with Gasteiger partial charge in [-0.25, -0.2) is 18.7 Å². The van der Waals surface area contributed by atoms with E-state index in [0.29, 0.717) is 0 Å². The lowest BCUT2D eigenvalue weighted by molar-refractivity contribution is 0.408. The van der Waals surface area contributed by atoms with Gasteiger partial charge in [0.1, 0.15) is 5.69 Å². The van der Waals surface area contributed by atoms with E-state index in [1.165, 1.54) is 0 Å². The van der Waals surface area contributed by atoms with Gasteiger partial charge in [0.2, 0.25) is 11.1 Å². The smallest absolute Gasteiger partial charge is 0.223 e. The van der Waals surface area contributed by atoms with Crippen LogP contribution in [0.2, 0.25) is 5.28 Å². The van der Waals surface area contributed by atoms with Crippen LogP contribution >= 0.6 is 11.6 Å². The molecule has 0 aliphatic carbocycles. The van der Waals surface area contributed by atoms with Gasteiger partial charge < -0.3 is 5.11 Å². The van der Waals surface area contributed by atoms with Crippen LogP contribution in [0.25, 0.3) is 11.3 Å². The first-order valence-corrected chi connectivity index (χ1v) is 4.74. The molecular formula is C10H4ClF3N2O. The summed E-state index contributed by atoms with van der Waals surface area (Å²) in [4.78, 5) is 6.87. The molecule has 3 nitrogen and oxygen atoms in total. The summed E-state index contributed by atoms with van der Waals surface area (Å²) in [5, 5.41) is 9.09. The predicted octanol–water partition coefficient (Wildman–Crippen LogP) is 2.92. The third-order valence-electron chi connectivity index (χ3n) is 2.04. The zero-order valence-corrected chi connectivity index (χ0v) is 8.84. The number of hydrogen-bond donors (Lipinski definition) is 1. The van der Waals surface area contributed by atoms with Gasteiger partial charge in [-0.3, -0.25) is 0 Å². The Labute approximate surface area is 98.5 Å². The van der Waals surface area contributed by atoms with E-state index in [1.807, 2.05) is 0 Å². The maximum Gasteiger partial charge on any atom is 0.223 e. The maximum absolute atomic E-state index is 13.4. The lowest BCUT2D eigenvalue weighted by Gasteiger charge is -2.06. The van der Waals surface area contributed by atoms with Gasteiger partial charge in [-0.1, -0.05) is 0 Å². The van der Waals surface area contributed by atoms with Gasteiger partial charge in [0.15, 0.2) is 17.4 Å². The monoisotopic (exact) mass is 260 g/mol. The minimum absolute atomic E-state index is 0.273. The second kappa shape index (κ2) is 4.21. The van der Waals surface area contributed by atoms with E-state index in [1.54, 1.807) is 0 Å². The molecule has 0 unspecified atom stereocenters. The molecule has 0 radical (unpaired) electrons. The van der Waals surface area contributed by atoms with Crippen molar-refractivity contribution in [3.8, 4) is 17.0 Å². The van der Waals surface area contributed by atoms with Crippen LogP contribution in [-0.4, -0.2) is 15.1 Å². The molecule has 0 aliphatic heterocycles. The molecule has 0 amide bonds. The Kier molecular flexibility index (Phi) is 2.89. The predicted molar refractivity (Wildman–Crippen MR) is 54.0 cm³/mol. The number of aromatic hydroxyl groups is 1. The molecule has 2 rings (SSSR count). The molecule has 1 N–H and O–H groups in total. The Balaban J connectivity index is 2.69. The van der Waals surface area contributed by atoms with Gasteiger partial charge >= 0.3 is 0 Å². The first kappa shape index (κ1) is 11.7. The summed E-state index contributed by atoms with van der Waals surface area (Å²) < 4.78 is 39.2. The zero-order valence-electron chi connectivity index (χ0n) is 8.09. The van der Waals surface area contributed by atoms with Gasteiger partial charge in [-0.15, -0.1) is 0 Å². The zero-order chi connectivity index (χ0) is 12.6. The van der Waals surface area contributed by atoms with Crippen molar-refractivity contribution in [2.24, 2.45) is 0 Å². The lowest BCUT2D eigenvalue weighted by Crippen LogP contribution is -1.95. The summed E-state index contributed by atoms with van der Waals surface area (Å²) in [7, 11) is 0. The molecule has 0 fully saturated rings. The van der Waals surface area contributed by atoms with Crippen molar-refractivity contribution in [1.82, 2.24) is 9.97 Å². The normalized spacial score (nSPS) is 10.6. The Hall–Kier alpha value is -1.82. The van der Waals surface area contributed by atoms with Crippen LogP contribution in [0.15, 0.2) is 18.3 Å². The first-order chi connectivity index (χ1) is 8.00. The Morgan fingerprint density at radius 3 is 2.53 bits per heavy atom. The molecule has 88 valence electrons. The molecule has 0 saturated heterocycles. The summed E-state index contributed by atoms with van der Waals surface area (Å²) in [5.74, 6) is -4.65. The van der Waals surface area contributed by atoms with Crippen LogP contribution in [0.5, 0.6) is 5.75 Å². The summed E-state index contributed by atoms with van der Waals surface area (Å²) in [5.41, 5.74) is -0.702. The van der Waals surface area contributed by atoms with Crippen molar-refractivity contribution in [1.29, 1.82) is 0 Å². The van der Waals surface area contributed by atoms with Gasteiger partial charge in [-0.2, -0.15) is 4.39 Å². The summed E-state index contributed by atoms with van der Waals surface area (Å²) in [6, 6.07) is 1.75. The Morgan fingerprint density at radius 2 is 1.82 bits per heavy atom. The highest BCUT2D eigenvalue weighted by molar-refractivity contribution is 6.28. The van der Waals surface area contributed by atoms with Crippen LogP contribution in [0.3, 0.4) is 0 Å². The molecule has 1 heterocycles. The Morgan fingerprint density at radius 1 is 1.12 bits per heavy atom. The maximum atomic E-state index is 13.4. The topological polar surface area (TPSA) is 46.0 Å². The summed E-state index contributed by atoms with van der Waals surface area (Å²) in [6.45, 7) is 0. The number of halogens is 4. The van der Waals surface area contributed by atoms with Crippen LogP contribution in [-0.2, 0) is 0 Å². The minimum atomic E-state index is -1.48. The highest BCUT2D eigenvalue weighted by Crippen LogP contribution is 2.33. The molecule has 7 heteroatoms. The molecule has 0 aliphatic rings. The largest absolute Gasteiger partial charge is 0.504 e. The number of nitrogens with zero attached hydrogens (tertiary/aromatic N) is 2. The van der Waals surface area contributed by atoms with Crippen molar-refractivity contribution in [3.05, 3.63) is 41.1 Å². The number of phenols is 1. The first-order valence-electron chi connectivity index (χ1n) is 4.36. The Bertz CT molecular complexity index is 592. The fourth-order valence-corrected chi connectivity index (χ4v) is 1.40. The molecule has 1 aromatic heterocycles. The average Bonchev–Trinajstić information content (AvgIpc) is 2.30. The van der Waals surface area contributed by atoms with Crippen LogP contribution in [0.4, 0.5) is 13.2 Å². The van der Waals surface area contributed by atoms with Gasteiger partial charge in [0.05, 0.1) is 6.20 Å². The number of rotatable bonds is 1. The van der Waals surface area contributed by atoms with Gasteiger partial charge in [0, 0.05) is 5.56 Å². The van der Waals surface area contributed by atoms with Crippen LogP contribution < -0.4 is 0 Å². The van der Waals surface area contributed by atoms with E-state index in [0.717, 1.165) is 18.3 Å². The summed E-state index contributed by atoms with van der Waals surface area (Å²) >= 11 is 5.45. The third-order valence-corrected chi connectivity index (χ3v) is 2.22. The molecule has 17 heavy (non-hydrogen) atoms. The number of aromatic nitrogens is 2. The number of hydrogen-bond acceptors (Lipinski definition) is 3. The molecule has 0 saturated carbocycles. The van der Waals surface area contributed by atoms with Gasteiger partial charge in [0.25, 0.3) is 0 Å². The van der Waals surface area contributed by atoms with E-state index in [-0.39, 0.29) is 10.8 Å². The molecule has 1 aromatic carbocycles. The molecular weight excluding hydrogens is 257 g/mol. The highest BCUT2D eigenvalue weighted by Gasteiger charge is 2.18. The van der Waals surface area contributed by atoms with E-state index in [4.69, 9.17) is 11.6 Å². The number of phenolic OH excluding ortho intramolecular Hbond substituents is 1. The lowest BCUT2D eigenvalue weighted by atomic mass is 10.1. The summed E-state index contributed by atoms with van der Waals surface area (Å²) in [6.07, 6.45) is 0.769. The second-order valence-corrected chi connectivity index (χ2v) is 3.43. The molecule has 0 atom stereocenters. The molecule has 0 bridgehead atoms. The van der Waals surface area contributed by atoms with Gasteiger partial charge in [-0.05, 0) is 23.7 Å². The van der Waals surface area contributed by atoms with Crippen molar-refractivity contribution in [2.75, 3.05) is 0 Å². The molecule has 2 aromatic rings. The van der Waals surface area contributed by atoms with E-state index in [2.05, 4.69) is 9.97 Å². The SMILES string of the molecule is Oc1c(-c2nc(Cl)ncc2F)ccc(F)c1F. The standard InChI is InChI=1S/C10H4ClF3N2O/c11-10-15-3-6(13)8(16-10)4-1-2-5(12)7(14)9(4)17/h1-3,17H. The fraction of sp³-hybridized carbons (Fsp3) is 0. The third kappa shape index (κ3) is 2.03. The van der Waals surface area contributed by atoms with Crippen molar-refractivity contribution < 1.29 is 18.3 Å². The van der Waals surface area contributed by atoms with Crippen molar-refractivity contribution in [3.63, 3.8) is 0 Å². The quantitative estimate of drug-likeness (QED) is 0.802.